The van der Waals surface area contributed by atoms with Crippen LogP contribution < -0.4 is 4.90 Å². The van der Waals surface area contributed by atoms with Crippen molar-refractivity contribution in [1.29, 1.82) is 0 Å². The van der Waals surface area contributed by atoms with Gasteiger partial charge in [0.15, 0.2) is 0 Å². The Bertz CT molecular complexity index is 884. The number of rotatable bonds is 3. The molecule has 1 aromatic carbocycles. The lowest BCUT2D eigenvalue weighted by Gasteiger charge is -2.30. The Kier molecular flexibility index (Phi) is 4.13. The zero-order valence-corrected chi connectivity index (χ0v) is 14.7. The van der Waals surface area contributed by atoms with Crippen LogP contribution in [0.2, 0.25) is 0 Å². The highest BCUT2D eigenvalue weighted by Crippen LogP contribution is 2.32. The van der Waals surface area contributed by atoms with Crippen LogP contribution in [0, 0.1) is 0 Å². The first-order chi connectivity index (χ1) is 12.1. The minimum atomic E-state index is -3.44. The van der Waals surface area contributed by atoms with E-state index in [4.69, 9.17) is 4.42 Å². The van der Waals surface area contributed by atoms with E-state index < -0.39 is 10.0 Å². The van der Waals surface area contributed by atoms with Crippen LogP contribution in [0.25, 0.3) is 0 Å². The molecule has 2 aliphatic rings. The smallest absolute Gasteiger partial charge is 0.261 e. The second-order valence-corrected chi connectivity index (χ2v) is 8.41. The number of aryl methyl sites for hydroxylation is 1. The van der Waals surface area contributed by atoms with Crippen molar-refractivity contribution in [2.75, 3.05) is 24.5 Å². The summed E-state index contributed by atoms with van der Waals surface area (Å²) in [4.78, 5) is 14.7. The maximum absolute atomic E-state index is 12.8. The van der Waals surface area contributed by atoms with Crippen molar-refractivity contribution in [3.63, 3.8) is 0 Å². The molecule has 7 heteroatoms. The summed E-state index contributed by atoms with van der Waals surface area (Å²) >= 11 is 0. The largest absolute Gasteiger partial charge is 0.472 e. The van der Waals surface area contributed by atoms with Crippen LogP contribution in [0.15, 0.2) is 46.1 Å². The third-order valence-corrected chi connectivity index (χ3v) is 6.78. The molecule has 3 heterocycles. The fourth-order valence-corrected chi connectivity index (χ4v) is 5.13. The van der Waals surface area contributed by atoms with E-state index in [1.165, 1.54) is 12.5 Å². The van der Waals surface area contributed by atoms with E-state index in [0.717, 1.165) is 36.9 Å². The van der Waals surface area contributed by atoms with Crippen LogP contribution in [-0.2, 0) is 16.4 Å². The number of hydrogen-bond donors (Lipinski definition) is 0. The third-order valence-electron chi connectivity index (χ3n) is 4.89. The lowest BCUT2D eigenvalue weighted by Crippen LogP contribution is -2.35. The monoisotopic (exact) mass is 360 g/mol. The van der Waals surface area contributed by atoms with Crippen molar-refractivity contribution in [3.8, 4) is 0 Å². The van der Waals surface area contributed by atoms with Crippen molar-refractivity contribution < 1.29 is 17.6 Å². The van der Waals surface area contributed by atoms with Crippen molar-refractivity contribution in [2.45, 2.75) is 30.6 Å². The molecule has 0 aliphatic carbocycles. The fraction of sp³-hybridized carbons (Fsp3) is 0.389. The molecule has 0 spiro atoms. The molecule has 4 rings (SSSR count). The summed E-state index contributed by atoms with van der Waals surface area (Å²) in [5.74, 6) is -0.121. The normalized spacial score (nSPS) is 18.3. The Morgan fingerprint density at radius 1 is 1.04 bits per heavy atom. The van der Waals surface area contributed by atoms with Crippen LogP contribution in [-0.4, -0.2) is 38.3 Å². The fourth-order valence-electron chi connectivity index (χ4n) is 3.56. The van der Waals surface area contributed by atoms with Gasteiger partial charge >= 0.3 is 0 Å². The van der Waals surface area contributed by atoms with E-state index in [1.807, 2.05) is 0 Å². The molecule has 2 aliphatic heterocycles. The average molecular weight is 360 g/mol. The van der Waals surface area contributed by atoms with E-state index in [9.17, 15) is 13.2 Å². The molecule has 1 aromatic heterocycles. The standard InChI is InChI=1S/C18H20N2O4S/c21-18(15-7-11-24-13-15)20-10-3-4-14-12-16(5-6-17(14)20)25(22,23)19-8-1-2-9-19/h5-7,11-13H,1-4,8-10H2. The van der Waals surface area contributed by atoms with Gasteiger partial charge in [0.2, 0.25) is 10.0 Å². The summed E-state index contributed by atoms with van der Waals surface area (Å²) in [5.41, 5.74) is 2.20. The molecule has 6 nitrogen and oxygen atoms in total. The predicted molar refractivity (Wildman–Crippen MR) is 93.1 cm³/mol. The molecule has 1 fully saturated rings. The SMILES string of the molecule is O=C(c1ccoc1)N1CCCc2cc(S(=O)(=O)N3CCCC3)ccc21. The zero-order valence-electron chi connectivity index (χ0n) is 13.8. The number of fused-ring (bicyclic) bond motifs is 1. The Morgan fingerprint density at radius 2 is 1.84 bits per heavy atom. The second kappa shape index (κ2) is 6.31. The first-order valence-corrected chi connectivity index (χ1v) is 9.98. The van der Waals surface area contributed by atoms with E-state index in [-0.39, 0.29) is 5.91 Å². The molecule has 2 aromatic rings. The van der Waals surface area contributed by atoms with Crippen LogP contribution in [0.5, 0.6) is 0 Å². The minimum Gasteiger partial charge on any atom is -0.472 e. The number of sulfonamides is 1. The number of anilines is 1. The Morgan fingerprint density at radius 3 is 2.56 bits per heavy atom. The molecule has 25 heavy (non-hydrogen) atoms. The summed E-state index contributed by atoms with van der Waals surface area (Å²) in [5, 5.41) is 0. The zero-order chi connectivity index (χ0) is 17.4. The van der Waals surface area contributed by atoms with Gasteiger partial charge in [0.25, 0.3) is 5.91 Å². The van der Waals surface area contributed by atoms with Gasteiger partial charge in [0, 0.05) is 25.3 Å². The highest BCUT2D eigenvalue weighted by molar-refractivity contribution is 7.89. The van der Waals surface area contributed by atoms with Gasteiger partial charge in [-0.1, -0.05) is 0 Å². The quantitative estimate of drug-likeness (QED) is 0.844. The van der Waals surface area contributed by atoms with Gasteiger partial charge in [0.1, 0.15) is 6.26 Å². The molecule has 132 valence electrons. The molecular formula is C18H20N2O4S. The number of benzene rings is 1. The van der Waals surface area contributed by atoms with Crippen molar-refractivity contribution >= 4 is 21.6 Å². The lowest BCUT2D eigenvalue weighted by atomic mass is 10.0. The molecule has 0 saturated carbocycles. The maximum Gasteiger partial charge on any atom is 0.261 e. The van der Waals surface area contributed by atoms with Crippen molar-refractivity contribution in [3.05, 3.63) is 47.9 Å². The molecule has 1 saturated heterocycles. The Labute approximate surface area is 147 Å². The molecule has 0 atom stereocenters. The van der Waals surface area contributed by atoms with Gasteiger partial charge in [-0.15, -0.1) is 0 Å². The first-order valence-electron chi connectivity index (χ1n) is 8.54. The topological polar surface area (TPSA) is 70.8 Å². The number of amides is 1. The summed E-state index contributed by atoms with van der Waals surface area (Å²) < 4.78 is 32.1. The maximum atomic E-state index is 12.8. The highest BCUT2D eigenvalue weighted by atomic mass is 32.2. The van der Waals surface area contributed by atoms with Gasteiger partial charge in [-0.25, -0.2) is 8.42 Å². The summed E-state index contributed by atoms with van der Waals surface area (Å²) in [7, 11) is -3.44. The third kappa shape index (κ3) is 2.87. The van der Waals surface area contributed by atoms with Gasteiger partial charge in [0.05, 0.1) is 16.7 Å². The average Bonchev–Trinajstić information content (AvgIpc) is 3.33. The van der Waals surface area contributed by atoms with E-state index in [1.54, 1.807) is 33.5 Å². The first kappa shape index (κ1) is 16.4. The molecule has 0 unspecified atom stereocenters. The van der Waals surface area contributed by atoms with Crippen LogP contribution in [0.1, 0.15) is 35.2 Å². The van der Waals surface area contributed by atoms with Crippen LogP contribution in [0.3, 0.4) is 0 Å². The van der Waals surface area contributed by atoms with Crippen LogP contribution in [0.4, 0.5) is 5.69 Å². The van der Waals surface area contributed by atoms with Gasteiger partial charge in [-0.3, -0.25) is 4.79 Å². The van der Waals surface area contributed by atoms with Crippen LogP contribution >= 0.6 is 0 Å². The Hall–Kier alpha value is -2.12. The number of nitrogens with zero attached hydrogens (tertiary/aromatic N) is 2. The Balaban J connectivity index is 1.67. The summed E-state index contributed by atoms with van der Waals surface area (Å²) in [6.07, 6.45) is 6.32. The van der Waals surface area contributed by atoms with E-state index >= 15 is 0 Å². The number of carbonyl (C=O) groups excluding carboxylic acids is 1. The second-order valence-electron chi connectivity index (χ2n) is 6.47. The van der Waals surface area contributed by atoms with E-state index in [2.05, 4.69) is 0 Å². The highest BCUT2D eigenvalue weighted by Gasteiger charge is 2.30. The summed E-state index contributed by atoms with van der Waals surface area (Å²) in [6, 6.07) is 6.75. The molecule has 0 N–H and O–H groups in total. The summed E-state index contributed by atoms with van der Waals surface area (Å²) in [6.45, 7) is 1.80. The van der Waals surface area contributed by atoms with Gasteiger partial charge in [-0.05, 0) is 55.5 Å². The molecule has 0 bridgehead atoms. The number of hydrogen-bond acceptors (Lipinski definition) is 4. The lowest BCUT2D eigenvalue weighted by molar-refractivity contribution is 0.0984. The molecule has 0 radical (unpaired) electrons. The molecular weight excluding hydrogens is 340 g/mol. The number of furan rings is 1. The number of carbonyl (C=O) groups is 1. The molecule has 1 amide bonds. The van der Waals surface area contributed by atoms with Crippen molar-refractivity contribution in [1.82, 2.24) is 4.31 Å². The van der Waals surface area contributed by atoms with E-state index in [0.29, 0.717) is 30.1 Å². The minimum absolute atomic E-state index is 0.121. The predicted octanol–water partition coefficient (Wildman–Crippen LogP) is 2.66. The van der Waals surface area contributed by atoms with Gasteiger partial charge < -0.3 is 9.32 Å². The van der Waals surface area contributed by atoms with Gasteiger partial charge in [-0.2, -0.15) is 4.31 Å². The van der Waals surface area contributed by atoms with Crippen molar-refractivity contribution in [2.24, 2.45) is 0 Å².